The first-order valence-corrected chi connectivity index (χ1v) is 7.17. The number of ether oxygens (including phenoxy) is 1. The van der Waals surface area contributed by atoms with E-state index in [9.17, 15) is 4.79 Å². The fourth-order valence-corrected chi connectivity index (χ4v) is 3.05. The van der Waals surface area contributed by atoms with E-state index in [-0.39, 0.29) is 12.5 Å². The molecule has 0 amide bonds. The standard InChI is InChI=1S/C12H13BrN2O2S/c1-3-17-12(16)7-15-9(6-8(2)14-15)10-4-5-11(13)18-10/h4-6H,3,7H2,1-2H3. The first-order chi connectivity index (χ1) is 8.60. The van der Waals surface area contributed by atoms with Crippen molar-refractivity contribution in [2.45, 2.75) is 20.4 Å². The minimum absolute atomic E-state index is 0.145. The van der Waals surface area contributed by atoms with Gasteiger partial charge in [0.15, 0.2) is 0 Å². The second-order valence-corrected chi connectivity index (χ2v) is 6.20. The molecule has 0 saturated heterocycles. The number of carbonyl (C=O) groups excluding carboxylic acids is 1. The number of carbonyl (C=O) groups is 1. The molecule has 18 heavy (non-hydrogen) atoms. The lowest BCUT2D eigenvalue weighted by Gasteiger charge is -2.05. The molecule has 0 bridgehead atoms. The molecule has 2 aromatic heterocycles. The molecule has 96 valence electrons. The molecule has 4 nitrogen and oxygen atoms in total. The lowest BCUT2D eigenvalue weighted by molar-refractivity contribution is -0.144. The van der Waals surface area contributed by atoms with E-state index in [0.29, 0.717) is 6.61 Å². The molecule has 0 aliphatic carbocycles. The summed E-state index contributed by atoms with van der Waals surface area (Å²) >= 11 is 5.05. The average molecular weight is 329 g/mol. The molecule has 0 aliphatic heterocycles. The molecular formula is C12H13BrN2O2S. The second kappa shape index (κ2) is 5.67. The van der Waals surface area contributed by atoms with Crippen LogP contribution in [0.5, 0.6) is 0 Å². The summed E-state index contributed by atoms with van der Waals surface area (Å²) in [5, 5.41) is 4.33. The van der Waals surface area contributed by atoms with Crippen LogP contribution >= 0.6 is 27.3 Å². The van der Waals surface area contributed by atoms with Gasteiger partial charge in [0.1, 0.15) is 6.54 Å². The zero-order valence-corrected chi connectivity index (χ0v) is 12.5. The molecule has 0 aromatic carbocycles. The van der Waals surface area contributed by atoms with Crippen LogP contribution in [0, 0.1) is 6.92 Å². The Morgan fingerprint density at radius 1 is 1.56 bits per heavy atom. The van der Waals surface area contributed by atoms with Crippen LogP contribution in [0.1, 0.15) is 12.6 Å². The Kier molecular flexibility index (Phi) is 4.19. The first kappa shape index (κ1) is 13.3. The molecule has 2 rings (SSSR count). The van der Waals surface area contributed by atoms with Gasteiger partial charge in [-0.1, -0.05) is 0 Å². The Labute approximate surface area is 118 Å². The van der Waals surface area contributed by atoms with E-state index in [1.54, 1.807) is 22.9 Å². The van der Waals surface area contributed by atoms with E-state index < -0.39 is 0 Å². The third-order valence-corrected chi connectivity index (χ3v) is 3.96. The summed E-state index contributed by atoms with van der Waals surface area (Å²) in [6, 6.07) is 5.96. The fourth-order valence-electron chi connectivity index (χ4n) is 1.65. The Morgan fingerprint density at radius 3 is 2.94 bits per heavy atom. The van der Waals surface area contributed by atoms with Crippen LogP contribution in [0.4, 0.5) is 0 Å². The maximum atomic E-state index is 11.5. The number of hydrogen-bond donors (Lipinski definition) is 0. The van der Waals surface area contributed by atoms with Crippen LogP contribution < -0.4 is 0 Å². The van der Waals surface area contributed by atoms with Gasteiger partial charge < -0.3 is 4.74 Å². The summed E-state index contributed by atoms with van der Waals surface area (Å²) in [6.07, 6.45) is 0. The van der Waals surface area contributed by atoms with Crippen LogP contribution in [0.3, 0.4) is 0 Å². The van der Waals surface area contributed by atoms with E-state index in [1.165, 1.54) is 0 Å². The quantitative estimate of drug-likeness (QED) is 0.809. The van der Waals surface area contributed by atoms with E-state index in [1.807, 2.05) is 25.1 Å². The predicted molar refractivity (Wildman–Crippen MR) is 74.6 cm³/mol. The van der Waals surface area contributed by atoms with Gasteiger partial charge in [0.05, 0.1) is 26.7 Å². The van der Waals surface area contributed by atoms with Crippen LogP contribution in [0.15, 0.2) is 22.0 Å². The van der Waals surface area contributed by atoms with Gasteiger partial charge in [0, 0.05) is 0 Å². The minimum atomic E-state index is -0.266. The Balaban J connectivity index is 2.28. The van der Waals surface area contributed by atoms with Crippen molar-refractivity contribution in [1.29, 1.82) is 0 Å². The topological polar surface area (TPSA) is 44.1 Å². The number of rotatable bonds is 4. The van der Waals surface area contributed by atoms with Gasteiger partial charge in [-0.25, -0.2) is 0 Å². The highest BCUT2D eigenvalue weighted by Crippen LogP contribution is 2.31. The molecule has 0 atom stereocenters. The van der Waals surface area contributed by atoms with E-state index in [4.69, 9.17) is 4.74 Å². The van der Waals surface area contributed by atoms with Gasteiger partial charge in [-0.15, -0.1) is 11.3 Å². The van der Waals surface area contributed by atoms with Crippen LogP contribution in [-0.4, -0.2) is 22.4 Å². The SMILES string of the molecule is CCOC(=O)Cn1nc(C)cc1-c1ccc(Br)s1. The molecule has 0 saturated carbocycles. The van der Waals surface area contributed by atoms with E-state index in [2.05, 4.69) is 21.0 Å². The van der Waals surface area contributed by atoms with Gasteiger partial charge in [0.25, 0.3) is 0 Å². The number of thiophene rings is 1. The van der Waals surface area contributed by atoms with Crippen molar-refractivity contribution in [1.82, 2.24) is 9.78 Å². The summed E-state index contributed by atoms with van der Waals surface area (Å²) < 4.78 is 7.69. The Bertz CT molecular complexity index is 562. The number of nitrogens with zero attached hydrogens (tertiary/aromatic N) is 2. The molecule has 0 N–H and O–H groups in total. The van der Waals surface area contributed by atoms with Gasteiger partial charge >= 0.3 is 5.97 Å². The Hall–Kier alpha value is -1.14. The van der Waals surface area contributed by atoms with Gasteiger partial charge in [-0.2, -0.15) is 5.10 Å². The number of aryl methyl sites for hydroxylation is 1. The van der Waals surface area contributed by atoms with Crippen molar-refractivity contribution < 1.29 is 9.53 Å². The fraction of sp³-hybridized carbons (Fsp3) is 0.333. The van der Waals surface area contributed by atoms with Crippen LogP contribution in [0.2, 0.25) is 0 Å². The van der Waals surface area contributed by atoms with E-state index >= 15 is 0 Å². The van der Waals surface area contributed by atoms with Gasteiger partial charge in [0.2, 0.25) is 0 Å². The lowest BCUT2D eigenvalue weighted by atomic mass is 10.3. The van der Waals surface area contributed by atoms with Gasteiger partial charge in [-0.05, 0) is 48.0 Å². The Morgan fingerprint density at radius 2 is 2.33 bits per heavy atom. The molecule has 0 spiro atoms. The predicted octanol–water partition coefficient (Wildman–Crippen LogP) is 3.25. The van der Waals surface area contributed by atoms with Crippen molar-refractivity contribution >= 4 is 33.2 Å². The van der Waals surface area contributed by atoms with Crippen LogP contribution in [0.25, 0.3) is 10.6 Å². The molecule has 6 heteroatoms. The van der Waals surface area contributed by atoms with E-state index in [0.717, 1.165) is 20.1 Å². The highest BCUT2D eigenvalue weighted by atomic mass is 79.9. The normalized spacial score (nSPS) is 10.6. The average Bonchev–Trinajstić information content (AvgIpc) is 2.85. The summed E-state index contributed by atoms with van der Waals surface area (Å²) in [4.78, 5) is 12.6. The first-order valence-electron chi connectivity index (χ1n) is 5.56. The third-order valence-electron chi connectivity index (χ3n) is 2.31. The maximum Gasteiger partial charge on any atom is 0.327 e. The third kappa shape index (κ3) is 3.00. The maximum absolute atomic E-state index is 11.5. The summed E-state index contributed by atoms with van der Waals surface area (Å²) in [5.41, 5.74) is 1.83. The number of halogens is 1. The van der Waals surface area contributed by atoms with Crippen molar-refractivity contribution in [2.75, 3.05) is 6.61 Å². The molecule has 2 heterocycles. The highest BCUT2D eigenvalue weighted by Gasteiger charge is 2.13. The molecule has 0 aliphatic rings. The summed E-state index contributed by atoms with van der Waals surface area (Å²) in [7, 11) is 0. The highest BCUT2D eigenvalue weighted by molar-refractivity contribution is 9.11. The molecular weight excluding hydrogens is 316 g/mol. The zero-order valence-electron chi connectivity index (χ0n) is 10.1. The molecule has 0 unspecified atom stereocenters. The smallest absolute Gasteiger partial charge is 0.327 e. The van der Waals surface area contributed by atoms with Crippen molar-refractivity contribution in [2.24, 2.45) is 0 Å². The number of hydrogen-bond acceptors (Lipinski definition) is 4. The summed E-state index contributed by atoms with van der Waals surface area (Å²) in [6.45, 7) is 4.24. The number of esters is 1. The van der Waals surface area contributed by atoms with Gasteiger partial charge in [-0.3, -0.25) is 9.48 Å². The molecule has 0 radical (unpaired) electrons. The van der Waals surface area contributed by atoms with Crippen molar-refractivity contribution in [3.63, 3.8) is 0 Å². The zero-order chi connectivity index (χ0) is 13.1. The second-order valence-electron chi connectivity index (χ2n) is 3.74. The lowest BCUT2D eigenvalue weighted by Crippen LogP contribution is -2.15. The largest absolute Gasteiger partial charge is 0.465 e. The van der Waals surface area contributed by atoms with Crippen molar-refractivity contribution in [3.8, 4) is 10.6 Å². The minimum Gasteiger partial charge on any atom is -0.465 e. The van der Waals surface area contributed by atoms with Crippen molar-refractivity contribution in [3.05, 3.63) is 27.7 Å². The monoisotopic (exact) mass is 328 g/mol. The summed E-state index contributed by atoms with van der Waals surface area (Å²) in [5.74, 6) is -0.266. The van der Waals surface area contributed by atoms with Crippen LogP contribution in [-0.2, 0) is 16.1 Å². The molecule has 0 fully saturated rings. The molecule has 2 aromatic rings. The number of aromatic nitrogens is 2.